The van der Waals surface area contributed by atoms with Gasteiger partial charge in [0.15, 0.2) is 6.61 Å². The van der Waals surface area contributed by atoms with E-state index in [2.05, 4.69) is 5.32 Å². The van der Waals surface area contributed by atoms with E-state index >= 15 is 0 Å². The Labute approximate surface area is 186 Å². The number of alkyl halides is 3. The summed E-state index contributed by atoms with van der Waals surface area (Å²) in [4.78, 5) is 38.5. The molecule has 0 bridgehead atoms. The van der Waals surface area contributed by atoms with E-state index in [1.807, 2.05) is 0 Å². The predicted molar refractivity (Wildman–Crippen MR) is 115 cm³/mol. The summed E-state index contributed by atoms with van der Waals surface area (Å²) in [5.74, 6) is -1.77. The fourth-order valence-corrected chi connectivity index (χ4v) is 3.49. The average molecular weight is 454 g/mol. The summed E-state index contributed by atoms with van der Waals surface area (Å²) < 4.78 is 43.7. The summed E-state index contributed by atoms with van der Waals surface area (Å²) in [5, 5.41) is 2.66. The van der Waals surface area contributed by atoms with Crippen molar-refractivity contribution < 1.29 is 32.3 Å². The molecule has 9 heteroatoms. The maximum Gasteiger partial charge on any atom is 0.416 e. The first-order valence-corrected chi connectivity index (χ1v) is 9.87. The van der Waals surface area contributed by atoms with E-state index < -0.39 is 30.2 Å². The molecule has 0 saturated heterocycles. The Balaban J connectivity index is 1.50. The van der Waals surface area contributed by atoms with E-state index in [9.17, 15) is 27.6 Å². The highest BCUT2D eigenvalue weighted by atomic mass is 19.4. The highest BCUT2D eigenvalue weighted by molar-refractivity contribution is 6.10. The SMILES string of the molecule is O=C1CN(C(=O)COC(=O)c2ccccc2-c2ccc(C(F)(F)F)cc2)c2ccccc2N1. The number of hydrogen-bond donors (Lipinski definition) is 1. The molecular formula is C24H17F3N2O4. The summed E-state index contributed by atoms with van der Waals surface area (Å²) in [6.07, 6.45) is -4.47. The molecule has 0 radical (unpaired) electrons. The van der Waals surface area contributed by atoms with Gasteiger partial charge in [0.2, 0.25) is 5.91 Å². The minimum Gasteiger partial charge on any atom is -0.452 e. The summed E-state index contributed by atoms with van der Waals surface area (Å²) in [6, 6.07) is 17.4. The van der Waals surface area contributed by atoms with E-state index in [0.717, 1.165) is 12.1 Å². The lowest BCUT2D eigenvalue weighted by molar-refractivity contribution is -0.137. The van der Waals surface area contributed by atoms with Crippen molar-refractivity contribution in [1.82, 2.24) is 0 Å². The van der Waals surface area contributed by atoms with Gasteiger partial charge in [-0.3, -0.25) is 14.5 Å². The lowest BCUT2D eigenvalue weighted by atomic mass is 9.98. The van der Waals surface area contributed by atoms with Crippen LogP contribution in [0.15, 0.2) is 72.8 Å². The first kappa shape index (κ1) is 22.1. The van der Waals surface area contributed by atoms with Gasteiger partial charge in [0.1, 0.15) is 6.54 Å². The van der Waals surface area contributed by atoms with Gasteiger partial charge < -0.3 is 10.1 Å². The van der Waals surface area contributed by atoms with Crippen LogP contribution in [-0.4, -0.2) is 30.9 Å². The minimum atomic E-state index is -4.47. The molecule has 168 valence electrons. The molecule has 0 unspecified atom stereocenters. The van der Waals surface area contributed by atoms with Gasteiger partial charge in [-0.2, -0.15) is 13.2 Å². The molecular weight excluding hydrogens is 437 g/mol. The van der Waals surface area contributed by atoms with E-state index in [1.165, 1.54) is 23.1 Å². The molecule has 4 rings (SSSR count). The van der Waals surface area contributed by atoms with Crippen LogP contribution in [0.4, 0.5) is 24.5 Å². The van der Waals surface area contributed by atoms with Gasteiger partial charge >= 0.3 is 12.1 Å². The average Bonchev–Trinajstić information content (AvgIpc) is 2.81. The minimum absolute atomic E-state index is 0.0989. The Morgan fingerprint density at radius 2 is 1.61 bits per heavy atom. The number of anilines is 2. The molecule has 1 aliphatic rings. The number of ether oxygens (including phenoxy) is 1. The zero-order valence-electron chi connectivity index (χ0n) is 17.1. The number of carbonyl (C=O) groups excluding carboxylic acids is 3. The Hall–Kier alpha value is -4.14. The summed E-state index contributed by atoms with van der Waals surface area (Å²) in [6.45, 7) is -0.822. The molecule has 0 aromatic heterocycles. The van der Waals surface area contributed by atoms with Gasteiger partial charge in [0, 0.05) is 0 Å². The van der Waals surface area contributed by atoms with Crippen LogP contribution >= 0.6 is 0 Å². The summed E-state index contributed by atoms with van der Waals surface area (Å²) >= 11 is 0. The van der Waals surface area contributed by atoms with Crippen molar-refractivity contribution in [2.75, 3.05) is 23.4 Å². The third-order valence-electron chi connectivity index (χ3n) is 5.07. The molecule has 1 aliphatic heterocycles. The molecule has 3 aromatic rings. The van der Waals surface area contributed by atoms with Crippen LogP contribution in [0.1, 0.15) is 15.9 Å². The monoisotopic (exact) mass is 454 g/mol. The highest BCUT2D eigenvalue weighted by Crippen LogP contribution is 2.32. The first-order valence-electron chi connectivity index (χ1n) is 9.87. The maximum absolute atomic E-state index is 12.8. The topological polar surface area (TPSA) is 75.7 Å². The van der Waals surface area contributed by atoms with Crippen molar-refractivity contribution in [3.8, 4) is 11.1 Å². The lowest BCUT2D eigenvalue weighted by Crippen LogP contribution is -2.44. The largest absolute Gasteiger partial charge is 0.452 e. The van der Waals surface area contributed by atoms with Crippen molar-refractivity contribution in [3.63, 3.8) is 0 Å². The Kier molecular flexibility index (Phi) is 5.87. The number of carbonyl (C=O) groups is 3. The molecule has 1 heterocycles. The van der Waals surface area contributed by atoms with Gasteiger partial charge in [0.05, 0.1) is 22.5 Å². The molecule has 0 spiro atoms. The van der Waals surface area contributed by atoms with E-state index in [-0.39, 0.29) is 18.0 Å². The van der Waals surface area contributed by atoms with Crippen molar-refractivity contribution in [3.05, 3.63) is 83.9 Å². The second-order valence-corrected chi connectivity index (χ2v) is 7.24. The standard InChI is InChI=1S/C24H17F3N2O4/c25-24(26,27)16-11-9-15(10-12-16)17-5-1-2-6-18(17)23(32)33-14-22(31)29-13-21(30)28-19-7-3-4-8-20(19)29/h1-12H,13-14H2,(H,28,30). The number of para-hydroxylation sites is 2. The number of esters is 1. The number of hydrogen-bond acceptors (Lipinski definition) is 4. The lowest BCUT2D eigenvalue weighted by Gasteiger charge is -2.28. The van der Waals surface area contributed by atoms with Crippen molar-refractivity contribution in [1.29, 1.82) is 0 Å². The fourth-order valence-electron chi connectivity index (χ4n) is 3.49. The fraction of sp³-hybridized carbons (Fsp3) is 0.125. The predicted octanol–water partition coefficient (Wildman–Crippen LogP) is 4.51. The Morgan fingerprint density at radius 1 is 0.939 bits per heavy atom. The number of nitrogens with one attached hydrogen (secondary N) is 1. The molecule has 3 aromatic carbocycles. The zero-order valence-corrected chi connectivity index (χ0v) is 17.1. The van der Waals surface area contributed by atoms with Crippen LogP contribution in [-0.2, 0) is 20.5 Å². The van der Waals surface area contributed by atoms with Crippen LogP contribution in [0.25, 0.3) is 11.1 Å². The van der Waals surface area contributed by atoms with E-state index in [0.29, 0.717) is 22.5 Å². The molecule has 6 nitrogen and oxygen atoms in total. The number of halogens is 3. The summed E-state index contributed by atoms with van der Waals surface area (Å²) in [7, 11) is 0. The Bertz CT molecular complexity index is 1220. The molecule has 0 saturated carbocycles. The van der Waals surface area contributed by atoms with E-state index in [1.54, 1.807) is 42.5 Å². The number of fused-ring (bicyclic) bond motifs is 1. The maximum atomic E-state index is 12.8. The number of nitrogens with zero attached hydrogens (tertiary/aromatic N) is 1. The van der Waals surface area contributed by atoms with Crippen LogP contribution in [0.5, 0.6) is 0 Å². The van der Waals surface area contributed by atoms with Gasteiger partial charge in [0.25, 0.3) is 5.91 Å². The number of rotatable bonds is 4. The van der Waals surface area contributed by atoms with Crippen molar-refractivity contribution in [2.45, 2.75) is 6.18 Å². The first-order chi connectivity index (χ1) is 15.7. The van der Waals surface area contributed by atoms with Gasteiger partial charge in [-0.1, -0.05) is 42.5 Å². The third kappa shape index (κ3) is 4.72. The number of benzene rings is 3. The van der Waals surface area contributed by atoms with Crippen LogP contribution in [0.3, 0.4) is 0 Å². The highest BCUT2D eigenvalue weighted by Gasteiger charge is 2.30. The molecule has 2 amide bonds. The Morgan fingerprint density at radius 3 is 2.33 bits per heavy atom. The van der Waals surface area contributed by atoms with Crippen molar-refractivity contribution in [2.24, 2.45) is 0 Å². The van der Waals surface area contributed by atoms with E-state index in [4.69, 9.17) is 4.74 Å². The van der Waals surface area contributed by atoms with Gasteiger partial charge in [-0.15, -0.1) is 0 Å². The van der Waals surface area contributed by atoms with Crippen LogP contribution < -0.4 is 10.2 Å². The van der Waals surface area contributed by atoms with Crippen LogP contribution in [0.2, 0.25) is 0 Å². The van der Waals surface area contributed by atoms with Gasteiger partial charge in [-0.25, -0.2) is 4.79 Å². The molecule has 0 atom stereocenters. The van der Waals surface area contributed by atoms with Crippen LogP contribution in [0, 0.1) is 0 Å². The second kappa shape index (κ2) is 8.78. The zero-order chi connectivity index (χ0) is 23.6. The number of amides is 2. The summed E-state index contributed by atoms with van der Waals surface area (Å²) in [5.41, 5.74) is 1.02. The smallest absolute Gasteiger partial charge is 0.416 e. The molecule has 0 fully saturated rings. The normalized spacial score (nSPS) is 13.2. The third-order valence-corrected chi connectivity index (χ3v) is 5.07. The molecule has 1 N–H and O–H groups in total. The van der Waals surface area contributed by atoms with Crippen molar-refractivity contribution >= 4 is 29.2 Å². The quantitative estimate of drug-likeness (QED) is 0.589. The van der Waals surface area contributed by atoms with Gasteiger partial charge in [-0.05, 0) is 41.5 Å². The molecule has 0 aliphatic carbocycles. The second-order valence-electron chi connectivity index (χ2n) is 7.24. The molecule has 33 heavy (non-hydrogen) atoms.